The topological polar surface area (TPSA) is 65.1 Å². The van der Waals surface area contributed by atoms with Crippen molar-refractivity contribution in [2.45, 2.75) is 44.3 Å². The van der Waals surface area contributed by atoms with E-state index in [1.165, 1.54) is 17.7 Å². The van der Waals surface area contributed by atoms with E-state index in [9.17, 15) is 23.1 Å². The third kappa shape index (κ3) is 4.50. The maximum Gasteiger partial charge on any atom is 0.417 e. The molecule has 1 unspecified atom stereocenters. The summed E-state index contributed by atoms with van der Waals surface area (Å²) in [7, 11) is 0. The Hall–Kier alpha value is -3.74. The number of carboxylic acids is 1. The molecule has 1 aromatic heterocycles. The van der Waals surface area contributed by atoms with Gasteiger partial charge in [-0.1, -0.05) is 54.6 Å². The molecule has 0 aliphatic carbocycles. The van der Waals surface area contributed by atoms with Crippen LogP contribution in [0.4, 0.5) is 18.9 Å². The number of H-pyrrole nitrogens is 1. The number of rotatable bonds is 6. The van der Waals surface area contributed by atoms with Gasteiger partial charge in [0, 0.05) is 22.7 Å². The number of halogens is 3. The molecule has 7 heteroatoms. The van der Waals surface area contributed by atoms with Gasteiger partial charge in [0.15, 0.2) is 0 Å². The van der Waals surface area contributed by atoms with E-state index in [0.717, 1.165) is 37.4 Å². The van der Waals surface area contributed by atoms with E-state index in [1.807, 2.05) is 12.1 Å². The zero-order valence-electron chi connectivity index (χ0n) is 19.0. The van der Waals surface area contributed by atoms with Crippen molar-refractivity contribution in [1.82, 2.24) is 4.98 Å². The molecule has 0 fully saturated rings. The molecule has 1 atom stereocenters. The van der Waals surface area contributed by atoms with Crippen LogP contribution in [0.2, 0.25) is 0 Å². The number of fused-ring (bicyclic) bond motifs is 2. The lowest BCUT2D eigenvalue weighted by molar-refractivity contribution is -0.137. The number of aromatic amines is 1. The van der Waals surface area contributed by atoms with E-state index in [0.29, 0.717) is 34.5 Å². The Kier molecular flexibility index (Phi) is 6.01. The predicted molar refractivity (Wildman–Crippen MR) is 131 cm³/mol. The Morgan fingerprint density at radius 2 is 1.71 bits per heavy atom. The molecule has 1 aliphatic rings. The normalized spacial score (nSPS) is 15.6. The summed E-state index contributed by atoms with van der Waals surface area (Å²) < 4.78 is 41.0. The average molecular weight is 479 g/mol. The number of benzene rings is 3. The number of aryl methyl sites for hydroxylation is 2. The molecule has 0 bridgehead atoms. The number of anilines is 1. The Morgan fingerprint density at radius 1 is 0.971 bits per heavy atom. The minimum atomic E-state index is -4.52. The van der Waals surface area contributed by atoms with Gasteiger partial charge in [0.2, 0.25) is 0 Å². The average Bonchev–Trinajstić information content (AvgIpc) is 3.22. The van der Waals surface area contributed by atoms with Crippen LogP contribution in [0, 0.1) is 0 Å². The fourth-order valence-corrected chi connectivity index (χ4v) is 5.15. The molecule has 4 nitrogen and oxygen atoms in total. The third-order valence-corrected chi connectivity index (χ3v) is 6.80. The Morgan fingerprint density at radius 3 is 2.51 bits per heavy atom. The molecular weight excluding hydrogens is 453 g/mol. The Labute approximate surface area is 200 Å². The number of aromatic carboxylic acids is 1. The zero-order valence-corrected chi connectivity index (χ0v) is 19.0. The van der Waals surface area contributed by atoms with E-state index in [4.69, 9.17) is 0 Å². The highest BCUT2D eigenvalue weighted by atomic mass is 19.4. The molecule has 4 aromatic rings. The van der Waals surface area contributed by atoms with Gasteiger partial charge in [-0.15, -0.1) is 0 Å². The number of nitrogens with one attached hydrogen (secondary N) is 2. The number of hydrogen-bond acceptors (Lipinski definition) is 2. The monoisotopic (exact) mass is 478 g/mol. The van der Waals surface area contributed by atoms with Crippen LogP contribution >= 0.6 is 0 Å². The highest BCUT2D eigenvalue weighted by Crippen LogP contribution is 2.40. The van der Waals surface area contributed by atoms with Crippen LogP contribution in [0.15, 0.2) is 66.7 Å². The molecule has 2 heterocycles. The van der Waals surface area contributed by atoms with Crippen molar-refractivity contribution in [1.29, 1.82) is 0 Å². The minimum Gasteiger partial charge on any atom is -0.477 e. The largest absolute Gasteiger partial charge is 0.477 e. The minimum absolute atomic E-state index is 0.0282. The van der Waals surface area contributed by atoms with E-state index < -0.39 is 17.7 Å². The van der Waals surface area contributed by atoms with E-state index in [-0.39, 0.29) is 11.3 Å². The summed E-state index contributed by atoms with van der Waals surface area (Å²) >= 11 is 0. The highest BCUT2D eigenvalue weighted by molar-refractivity contribution is 6.03. The van der Waals surface area contributed by atoms with Gasteiger partial charge in [-0.3, -0.25) is 0 Å². The smallest absolute Gasteiger partial charge is 0.417 e. The number of aromatic nitrogens is 1. The summed E-state index contributed by atoms with van der Waals surface area (Å²) in [4.78, 5) is 15.0. The van der Waals surface area contributed by atoms with Crippen LogP contribution in [-0.2, 0) is 19.0 Å². The summed E-state index contributed by atoms with van der Waals surface area (Å²) in [5, 5.41) is 14.1. The molecule has 5 rings (SSSR count). The van der Waals surface area contributed by atoms with Gasteiger partial charge in [-0.2, -0.15) is 13.2 Å². The van der Waals surface area contributed by atoms with Crippen molar-refractivity contribution in [3.63, 3.8) is 0 Å². The number of hydrogen-bond donors (Lipinski definition) is 3. The second-order valence-electron chi connectivity index (χ2n) is 8.98. The number of alkyl halides is 3. The lowest BCUT2D eigenvalue weighted by Gasteiger charge is -2.27. The van der Waals surface area contributed by atoms with Crippen LogP contribution < -0.4 is 5.32 Å². The van der Waals surface area contributed by atoms with E-state index in [2.05, 4.69) is 22.4 Å². The first-order valence-electron chi connectivity index (χ1n) is 11.7. The number of carboxylic acid groups (broad SMARTS) is 1. The summed E-state index contributed by atoms with van der Waals surface area (Å²) in [5.41, 5.74) is 3.17. The molecule has 35 heavy (non-hydrogen) atoms. The van der Waals surface area contributed by atoms with Crippen LogP contribution in [0.25, 0.3) is 22.0 Å². The van der Waals surface area contributed by atoms with Crippen LogP contribution in [0.5, 0.6) is 0 Å². The van der Waals surface area contributed by atoms with Crippen molar-refractivity contribution in [3.05, 3.63) is 89.1 Å². The lowest BCUT2D eigenvalue weighted by atomic mass is 9.93. The molecule has 0 spiro atoms. The predicted octanol–water partition coefficient (Wildman–Crippen LogP) is 7.30. The molecular formula is C28H25F3N2O2. The van der Waals surface area contributed by atoms with Crippen molar-refractivity contribution >= 4 is 22.6 Å². The molecule has 3 N–H and O–H groups in total. The first kappa shape index (κ1) is 23.0. The van der Waals surface area contributed by atoms with Crippen molar-refractivity contribution < 1.29 is 23.1 Å². The van der Waals surface area contributed by atoms with Crippen molar-refractivity contribution in [2.24, 2.45) is 0 Å². The number of carbonyl (C=O) groups is 1. The van der Waals surface area contributed by atoms with Crippen LogP contribution in [0.1, 0.15) is 46.4 Å². The maximum atomic E-state index is 13.7. The molecule has 0 saturated carbocycles. The van der Waals surface area contributed by atoms with Crippen molar-refractivity contribution in [3.8, 4) is 11.1 Å². The molecule has 0 saturated heterocycles. The number of para-hydroxylation sites is 2. The summed E-state index contributed by atoms with van der Waals surface area (Å²) in [5.74, 6) is -1.11. The van der Waals surface area contributed by atoms with Gasteiger partial charge >= 0.3 is 12.1 Å². The van der Waals surface area contributed by atoms with Gasteiger partial charge < -0.3 is 15.4 Å². The van der Waals surface area contributed by atoms with E-state index >= 15 is 0 Å². The molecule has 3 aromatic carbocycles. The van der Waals surface area contributed by atoms with Crippen molar-refractivity contribution in [2.75, 3.05) is 5.32 Å². The SMILES string of the molecule is O=C(O)c1[nH]c2c(-c3ccccc3C(F)(F)F)cccc2c1CCCC1CCc2ccccc2N1. The van der Waals surface area contributed by atoms with Crippen LogP contribution in [-0.4, -0.2) is 22.1 Å². The fraction of sp³-hybridized carbons (Fsp3) is 0.250. The second-order valence-corrected chi connectivity index (χ2v) is 8.98. The maximum absolute atomic E-state index is 13.7. The Balaban J connectivity index is 1.44. The van der Waals surface area contributed by atoms with Gasteiger partial charge in [-0.25, -0.2) is 4.79 Å². The van der Waals surface area contributed by atoms with Gasteiger partial charge in [0.25, 0.3) is 0 Å². The highest BCUT2D eigenvalue weighted by Gasteiger charge is 2.34. The molecule has 1 aliphatic heterocycles. The van der Waals surface area contributed by atoms with Gasteiger partial charge in [-0.05, 0) is 60.9 Å². The molecule has 0 radical (unpaired) electrons. The summed E-state index contributed by atoms with van der Waals surface area (Å²) in [6.45, 7) is 0. The summed E-state index contributed by atoms with van der Waals surface area (Å²) in [6, 6.07) is 19.0. The van der Waals surface area contributed by atoms with E-state index in [1.54, 1.807) is 24.3 Å². The van der Waals surface area contributed by atoms with Gasteiger partial charge in [0.1, 0.15) is 5.69 Å². The third-order valence-electron chi connectivity index (χ3n) is 6.80. The second kappa shape index (κ2) is 9.13. The van der Waals surface area contributed by atoms with Gasteiger partial charge in [0.05, 0.1) is 11.1 Å². The quantitative estimate of drug-likeness (QED) is 0.272. The standard InChI is InChI=1S/C28H25F3N2O2/c29-28(30,31)23-13-3-2-9-19(23)20-11-6-12-21-22(26(27(34)35)33-25(20)21)10-5-8-18-16-15-17-7-1-4-14-24(17)32-18/h1-4,6-7,9,11-14,18,32-33H,5,8,10,15-16H2,(H,34,35). The lowest BCUT2D eigenvalue weighted by Crippen LogP contribution is -2.25. The van der Waals surface area contributed by atoms with Crippen LogP contribution in [0.3, 0.4) is 0 Å². The molecule has 0 amide bonds. The Bertz CT molecular complexity index is 1390. The zero-order chi connectivity index (χ0) is 24.6. The molecule has 180 valence electrons. The fourth-order valence-electron chi connectivity index (χ4n) is 5.15. The summed E-state index contributed by atoms with van der Waals surface area (Å²) in [6.07, 6.45) is -0.354. The first-order chi connectivity index (χ1) is 16.8. The first-order valence-corrected chi connectivity index (χ1v) is 11.7.